The second-order valence-corrected chi connectivity index (χ2v) is 5.97. The molecule has 21 heavy (non-hydrogen) atoms. The van der Waals surface area contributed by atoms with Gasteiger partial charge in [0.15, 0.2) is 0 Å². The Morgan fingerprint density at radius 2 is 1.57 bits per heavy atom. The fourth-order valence-corrected chi connectivity index (χ4v) is 3.66. The number of nitrogens with one attached hydrogen (secondary N) is 2. The third-order valence-electron chi connectivity index (χ3n) is 5.03. The summed E-state index contributed by atoms with van der Waals surface area (Å²) in [5.41, 5.74) is -1.08. The molecule has 1 aliphatic heterocycles. The lowest BCUT2D eigenvalue weighted by atomic mass is 9.69. The van der Waals surface area contributed by atoms with Crippen LogP contribution in [-0.2, 0) is 9.59 Å². The third kappa shape index (κ3) is 2.95. The maximum atomic E-state index is 12.5. The first kappa shape index (κ1) is 15.9. The minimum Gasteiger partial charge on any atom is -0.304 e. The van der Waals surface area contributed by atoms with Crippen molar-refractivity contribution in [2.24, 2.45) is 11.3 Å². The van der Waals surface area contributed by atoms with Crippen LogP contribution in [0.1, 0.15) is 46.0 Å². The van der Waals surface area contributed by atoms with E-state index in [1.807, 2.05) is 0 Å². The number of barbiturate groups is 1. The fourth-order valence-electron chi connectivity index (χ4n) is 3.66. The molecule has 1 aliphatic carbocycles. The molecule has 0 unspecified atom stereocenters. The molecule has 2 aliphatic rings. The molecule has 4 amide bonds. The van der Waals surface area contributed by atoms with Gasteiger partial charge in [-0.15, -0.1) is 0 Å². The molecule has 1 saturated heterocycles. The summed E-state index contributed by atoms with van der Waals surface area (Å²) >= 11 is 0. The van der Waals surface area contributed by atoms with Crippen LogP contribution in [0.4, 0.5) is 4.79 Å². The molecule has 0 aromatic rings. The number of rotatable bonds is 6. The first-order chi connectivity index (χ1) is 10.0. The molecule has 0 spiro atoms. The highest BCUT2D eigenvalue weighted by molar-refractivity contribution is 6.19. The summed E-state index contributed by atoms with van der Waals surface area (Å²) in [4.78, 5) is 38.6. The van der Waals surface area contributed by atoms with E-state index in [9.17, 15) is 14.4 Å². The highest BCUT2D eigenvalue weighted by Gasteiger charge is 2.55. The molecule has 1 saturated carbocycles. The predicted octanol–water partition coefficient (Wildman–Crippen LogP) is 1.26. The zero-order chi connectivity index (χ0) is 15.5. The lowest BCUT2D eigenvalue weighted by Gasteiger charge is -2.39. The van der Waals surface area contributed by atoms with E-state index in [1.54, 1.807) is 0 Å². The summed E-state index contributed by atoms with van der Waals surface area (Å²) in [5.74, 6) is -0.772. The van der Waals surface area contributed by atoms with E-state index in [-0.39, 0.29) is 5.92 Å². The van der Waals surface area contributed by atoms with Crippen LogP contribution in [0, 0.1) is 11.3 Å². The molecule has 6 heteroatoms. The van der Waals surface area contributed by atoms with E-state index >= 15 is 0 Å². The van der Waals surface area contributed by atoms with Gasteiger partial charge < -0.3 is 4.90 Å². The first-order valence-corrected chi connectivity index (χ1v) is 7.93. The maximum Gasteiger partial charge on any atom is 0.328 e. The van der Waals surface area contributed by atoms with Crippen LogP contribution in [0.15, 0.2) is 0 Å². The number of hydrogen-bond acceptors (Lipinski definition) is 4. The summed E-state index contributed by atoms with van der Waals surface area (Å²) in [7, 11) is 0. The molecule has 2 N–H and O–H groups in total. The van der Waals surface area contributed by atoms with Gasteiger partial charge >= 0.3 is 6.03 Å². The van der Waals surface area contributed by atoms with Gasteiger partial charge in [0.2, 0.25) is 11.8 Å². The largest absolute Gasteiger partial charge is 0.328 e. The van der Waals surface area contributed by atoms with E-state index in [0.29, 0.717) is 13.0 Å². The summed E-state index contributed by atoms with van der Waals surface area (Å²) in [6, 6.07) is -0.693. The SMILES string of the molecule is CCN(CC)CCC1(C2CCCC2)C(=O)NC(=O)NC1=O. The molecule has 0 aromatic heterocycles. The Kier molecular flexibility index (Phi) is 4.98. The van der Waals surface area contributed by atoms with Gasteiger partial charge in [0.1, 0.15) is 5.41 Å². The van der Waals surface area contributed by atoms with Crippen molar-refractivity contribution >= 4 is 17.8 Å². The van der Waals surface area contributed by atoms with Gasteiger partial charge in [-0.25, -0.2) is 4.79 Å². The Morgan fingerprint density at radius 1 is 1.05 bits per heavy atom. The standard InChI is InChI=1S/C15H25N3O3/c1-3-18(4-2)10-9-15(11-7-5-6-8-11)12(19)16-14(21)17-13(15)20/h11H,3-10H2,1-2H3,(H2,16,17,19,20,21). The number of carbonyl (C=O) groups excluding carboxylic acids is 3. The van der Waals surface area contributed by atoms with E-state index in [1.165, 1.54) is 0 Å². The second-order valence-electron chi connectivity index (χ2n) is 5.97. The Morgan fingerprint density at radius 3 is 2.05 bits per heavy atom. The molecule has 118 valence electrons. The predicted molar refractivity (Wildman–Crippen MR) is 78.5 cm³/mol. The number of hydrogen-bond donors (Lipinski definition) is 2. The van der Waals surface area contributed by atoms with Crippen molar-refractivity contribution in [2.45, 2.75) is 46.0 Å². The molecule has 1 heterocycles. The van der Waals surface area contributed by atoms with Crippen molar-refractivity contribution in [2.75, 3.05) is 19.6 Å². The van der Waals surface area contributed by atoms with Crippen molar-refractivity contribution in [3.8, 4) is 0 Å². The third-order valence-corrected chi connectivity index (χ3v) is 5.03. The van der Waals surface area contributed by atoms with Crippen molar-refractivity contribution in [3.05, 3.63) is 0 Å². The minimum atomic E-state index is -1.08. The molecule has 6 nitrogen and oxygen atoms in total. The average Bonchev–Trinajstić information content (AvgIpc) is 2.96. The quantitative estimate of drug-likeness (QED) is 0.723. The Hall–Kier alpha value is -1.43. The van der Waals surface area contributed by atoms with Gasteiger partial charge in [0.05, 0.1) is 0 Å². The highest BCUT2D eigenvalue weighted by atomic mass is 16.2. The Balaban J connectivity index is 2.23. The highest BCUT2D eigenvalue weighted by Crippen LogP contribution is 2.44. The average molecular weight is 295 g/mol. The molecule has 0 aromatic carbocycles. The van der Waals surface area contributed by atoms with Crippen molar-refractivity contribution in [1.82, 2.24) is 15.5 Å². The summed E-state index contributed by atoms with van der Waals surface area (Å²) in [5, 5.41) is 4.62. The summed E-state index contributed by atoms with van der Waals surface area (Å²) < 4.78 is 0. The van der Waals surface area contributed by atoms with Gasteiger partial charge in [-0.1, -0.05) is 26.7 Å². The summed E-state index contributed by atoms with van der Waals surface area (Å²) in [6.45, 7) is 6.60. The van der Waals surface area contributed by atoms with E-state index in [2.05, 4.69) is 29.4 Å². The number of imide groups is 2. The molecule has 0 atom stereocenters. The Bertz CT molecular complexity index is 406. The molecule has 0 bridgehead atoms. The number of urea groups is 1. The maximum absolute atomic E-state index is 12.5. The minimum absolute atomic E-state index is 0.0427. The van der Waals surface area contributed by atoms with Crippen LogP contribution in [-0.4, -0.2) is 42.4 Å². The van der Waals surface area contributed by atoms with Gasteiger partial charge in [-0.3, -0.25) is 20.2 Å². The molecular formula is C15H25N3O3. The van der Waals surface area contributed by atoms with Crippen LogP contribution in [0.3, 0.4) is 0 Å². The topological polar surface area (TPSA) is 78.5 Å². The number of amides is 4. The number of carbonyl (C=O) groups is 3. The van der Waals surface area contributed by atoms with Crippen LogP contribution >= 0.6 is 0 Å². The molecule has 2 rings (SSSR count). The van der Waals surface area contributed by atoms with E-state index in [0.717, 1.165) is 38.8 Å². The van der Waals surface area contributed by atoms with E-state index in [4.69, 9.17) is 0 Å². The second kappa shape index (κ2) is 6.56. The monoisotopic (exact) mass is 295 g/mol. The molecule has 0 radical (unpaired) electrons. The van der Waals surface area contributed by atoms with Gasteiger partial charge in [0.25, 0.3) is 0 Å². The lowest BCUT2D eigenvalue weighted by Crippen LogP contribution is -2.65. The van der Waals surface area contributed by atoms with Gasteiger partial charge in [-0.05, 0) is 44.8 Å². The zero-order valence-electron chi connectivity index (χ0n) is 12.9. The van der Waals surface area contributed by atoms with Crippen molar-refractivity contribution in [1.29, 1.82) is 0 Å². The molecular weight excluding hydrogens is 270 g/mol. The fraction of sp³-hybridized carbons (Fsp3) is 0.800. The van der Waals surface area contributed by atoms with Crippen molar-refractivity contribution in [3.63, 3.8) is 0 Å². The lowest BCUT2D eigenvalue weighted by molar-refractivity contribution is -0.149. The number of nitrogens with zero attached hydrogens (tertiary/aromatic N) is 1. The van der Waals surface area contributed by atoms with E-state index < -0.39 is 23.3 Å². The Labute approximate surface area is 125 Å². The van der Waals surface area contributed by atoms with Gasteiger partial charge in [-0.2, -0.15) is 0 Å². The van der Waals surface area contributed by atoms with Crippen LogP contribution in [0.5, 0.6) is 0 Å². The van der Waals surface area contributed by atoms with Crippen LogP contribution in [0.25, 0.3) is 0 Å². The normalized spacial score (nSPS) is 22.5. The summed E-state index contributed by atoms with van der Waals surface area (Å²) in [6.07, 6.45) is 4.34. The van der Waals surface area contributed by atoms with Crippen LogP contribution < -0.4 is 10.6 Å². The smallest absolute Gasteiger partial charge is 0.304 e. The zero-order valence-corrected chi connectivity index (χ0v) is 12.9. The van der Waals surface area contributed by atoms with Gasteiger partial charge in [0, 0.05) is 0 Å². The molecule has 2 fully saturated rings. The van der Waals surface area contributed by atoms with Crippen LogP contribution in [0.2, 0.25) is 0 Å². The first-order valence-electron chi connectivity index (χ1n) is 7.93. The van der Waals surface area contributed by atoms with Crippen molar-refractivity contribution < 1.29 is 14.4 Å².